The van der Waals surface area contributed by atoms with Crippen molar-refractivity contribution in [3.05, 3.63) is 53.7 Å². The van der Waals surface area contributed by atoms with Crippen LogP contribution in [0.2, 0.25) is 0 Å². The number of alkyl halides is 3. The summed E-state index contributed by atoms with van der Waals surface area (Å²) in [5.41, 5.74) is 0.230. The molecule has 1 fully saturated rings. The number of hydrogen-bond acceptors (Lipinski definition) is 5. The second-order valence-electron chi connectivity index (χ2n) is 8.14. The first-order chi connectivity index (χ1) is 15.5. The molecule has 1 saturated heterocycles. The van der Waals surface area contributed by atoms with E-state index >= 15 is 0 Å². The van der Waals surface area contributed by atoms with Crippen LogP contribution < -0.4 is 9.62 Å². The van der Waals surface area contributed by atoms with E-state index in [1.165, 1.54) is 6.07 Å². The molecule has 11 heteroatoms. The number of piperazine rings is 1. The van der Waals surface area contributed by atoms with Gasteiger partial charge in [0, 0.05) is 45.3 Å². The number of nitrogens with one attached hydrogen (secondary N) is 1. The Bertz CT molecular complexity index is 1050. The van der Waals surface area contributed by atoms with E-state index in [2.05, 4.69) is 9.71 Å². The molecule has 0 atom stereocenters. The molecule has 3 rings (SSSR count). The minimum absolute atomic E-state index is 0.0157. The highest BCUT2D eigenvalue weighted by atomic mass is 32.2. The number of halogens is 3. The average molecular weight is 485 g/mol. The van der Waals surface area contributed by atoms with Crippen LogP contribution in [0, 0.1) is 0 Å². The fraction of sp³-hybridized carbons (Fsp3) is 0.455. The lowest BCUT2D eigenvalue weighted by Crippen LogP contribution is -2.49. The van der Waals surface area contributed by atoms with Gasteiger partial charge in [0.1, 0.15) is 5.82 Å². The van der Waals surface area contributed by atoms with E-state index in [0.717, 1.165) is 17.8 Å². The molecule has 1 aromatic carbocycles. The highest BCUT2D eigenvalue weighted by Crippen LogP contribution is 2.29. The van der Waals surface area contributed by atoms with E-state index in [9.17, 15) is 26.4 Å². The van der Waals surface area contributed by atoms with Crippen molar-refractivity contribution in [3.8, 4) is 0 Å². The first-order valence-corrected chi connectivity index (χ1v) is 12.1. The monoisotopic (exact) mass is 484 g/mol. The molecular weight excluding hydrogens is 457 g/mol. The standard InChI is InChI=1S/C22H27F3N4O3S/c1-16(2)17-3-6-19(7-4-17)33(31,32)27-10-9-21(30)29-13-11-28(12-14-29)20-8-5-18(15-26-20)22(23,24)25/h3-8,15-16,27H,9-14H2,1-2H3. The van der Waals surface area contributed by atoms with Gasteiger partial charge in [0.15, 0.2) is 0 Å². The highest BCUT2D eigenvalue weighted by Gasteiger charge is 2.31. The Kier molecular flexibility index (Phi) is 7.63. The van der Waals surface area contributed by atoms with E-state index < -0.39 is 21.8 Å². The molecule has 1 aromatic heterocycles. The van der Waals surface area contributed by atoms with Gasteiger partial charge in [-0.05, 0) is 35.7 Å². The number of amides is 1. The number of carbonyl (C=O) groups excluding carboxylic acids is 1. The fourth-order valence-electron chi connectivity index (χ4n) is 3.49. The molecule has 1 amide bonds. The average Bonchev–Trinajstić information content (AvgIpc) is 2.78. The van der Waals surface area contributed by atoms with Crippen LogP contribution in [0.1, 0.15) is 37.3 Å². The summed E-state index contributed by atoms with van der Waals surface area (Å²) < 4.78 is 65.4. The quantitative estimate of drug-likeness (QED) is 0.653. The van der Waals surface area contributed by atoms with Crippen molar-refractivity contribution < 1.29 is 26.4 Å². The minimum Gasteiger partial charge on any atom is -0.353 e. The third kappa shape index (κ3) is 6.44. The largest absolute Gasteiger partial charge is 0.417 e. The molecule has 7 nitrogen and oxygen atoms in total. The molecule has 2 aromatic rings. The number of sulfonamides is 1. The zero-order valence-corrected chi connectivity index (χ0v) is 19.3. The fourth-order valence-corrected chi connectivity index (χ4v) is 4.52. The van der Waals surface area contributed by atoms with Gasteiger partial charge in [-0.3, -0.25) is 4.79 Å². The van der Waals surface area contributed by atoms with Gasteiger partial charge in [-0.1, -0.05) is 26.0 Å². The highest BCUT2D eigenvalue weighted by molar-refractivity contribution is 7.89. The summed E-state index contributed by atoms with van der Waals surface area (Å²) in [7, 11) is -3.71. The van der Waals surface area contributed by atoms with E-state index in [1.54, 1.807) is 29.2 Å². The van der Waals surface area contributed by atoms with Crippen LogP contribution in [0.25, 0.3) is 0 Å². The zero-order valence-electron chi connectivity index (χ0n) is 18.5. The molecular formula is C22H27F3N4O3S. The molecule has 0 spiro atoms. The SMILES string of the molecule is CC(C)c1ccc(S(=O)(=O)NCCC(=O)N2CCN(c3ccc(C(F)(F)F)cn3)CC2)cc1. The van der Waals surface area contributed by atoms with Gasteiger partial charge >= 0.3 is 6.18 Å². The van der Waals surface area contributed by atoms with E-state index in [-0.39, 0.29) is 23.8 Å². The Hall–Kier alpha value is -2.66. The topological polar surface area (TPSA) is 82.6 Å². The number of rotatable bonds is 7. The molecule has 0 bridgehead atoms. The van der Waals surface area contributed by atoms with E-state index in [4.69, 9.17) is 0 Å². The van der Waals surface area contributed by atoms with Crippen molar-refractivity contribution in [1.29, 1.82) is 0 Å². The molecule has 180 valence electrons. The lowest BCUT2D eigenvalue weighted by Gasteiger charge is -2.35. The summed E-state index contributed by atoms with van der Waals surface area (Å²) in [6.45, 7) is 5.64. The molecule has 1 aliphatic heterocycles. The molecule has 33 heavy (non-hydrogen) atoms. The summed E-state index contributed by atoms with van der Waals surface area (Å²) >= 11 is 0. The molecule has 1 aliphatic rings. The van der Waals surface area contributed by atoms with Gasteiger partial charge in [-0.2, -0.15) is 13.2 Å². The number of nitrogens with zero attached hydrogens (tertiary/aromatic N) is 3. The predicted molar refractivity (Wildman–Crippen MR) is 118 cm³/mol. The maximum Gasteiger partial charge on any atom is 0.417 e. The van der Waals surface area contributed by atoms with Crippen molar-refractivity contribution in [2.75, 3.05) is 37.6 Å². The van der Waals surface area contributed by atoms with Gasteiger partial charge < -0.3 is 9.80 Å². The van der Waals surface area contributed by atoms with E-state index in [1.807, 2.05) is 18.7 Å². The van der Waals surface area contributed by atoms with Crippen LogP contribution in [0.4, 0.5) is 19.0 Å². The molecule has 2 heterocycles. The first-order valence-electron chi connectivity index (χ1n) is 10.6. The Morgan fingerprint density at radius 2 is 1.70 bits per heavy atom. The normalized spacial score (nSPS) is 15.2. The first kappa shape index (κ1) is 25.0. The lowest BCUT2D eigenvalue weighted by atomic mass is 10.0. The van der Waals surface area contributed by atoms with Crippen LogP contribution in [0.15, 0.2) is 47.5 Å². The van der Waals surface area contributed by atoms with E-state index in [0.29, 0.717) is 37.9 Å². The Morgan fingerprint density at radius 1 is 1.06 bits per heavy atom. The van der Waals surface area contributed by atoms with Crippen molar-refractivity contribution in [2.24, 2.45) is 0 Å². The van der Waals surface area contributed by atoms with Gasteiger partial charge in [-0.25, -0.2) is 18.1 Å². The Morgan fingerprint density at radius 3 is 2.21 bits per heavy atom. The van der Waals surface area contributed by atoms with Crippen molar-refractivity contribution >= 4 is 21.7 Å². The predicted octanol–water partition coefficient (Wildman–Crippen LogP) is 3.24. The van der Waals surface area contributed by atoms with Crippen molar-refractivity contribution in [3.63, 3.8) is 0 Å². The van der Waals surface area contributed by atoms with Crippen LogP contribution in [0.3, 0.4) is 0 Å². The summed E-state index contributed by atoms with van der Waals surface area (Å²) in [6, 6.07) is 8.96. The smallest absolute Gasteiger partial charge is 0.353 e. The second-order valence-corrected chi connectivity index (χ2v) is 9.91. The Balaban J connectivity index is 1.46. The van der Waals surface area contributed by atoms with Gasteiger partial charge in [0.25, 0.3) is 0 Å². The molecule has 0 radical (unpaired) electrons. The summed E-state index contributed by atoms with van der Waals surface area (Å²) in [6.07, 6.45) is -3.62. The maximum absolute atomic E-state index is 12.7. The summed E-state index contributed by atoms with van der Waals surface area (Å²) in [5, 5.41) is 0. The van der Waals surface area contributed by atoms with Gasteiger partial charge in [0.05, 0.1) is 10.5 Å². The summed E-state index contributed by atoms with van der Waals surface area (Å²) in [5.74, 6) is 0.530. The maximum atomic E-state index is 12.7. The van der Waals surface area contributed by atoms with Crippen LogP contribution in [-0.2, 0) is 21.0 Å². The number of pyridine rings is 1. The minimum atomic E-state index is -4.43. The number of carbonyl (C=O) groups is 1. The molecule has 1 N–H and O–H groups in total. The van der Waals surface area contributed by atoms with Gasteiger partial charge in [0.2, 0.25) is 15.9 Å². The van der Waals surface area contributed by atoms with Crippen LogP contribution >= 0.6 is 0 Å². The third-order valence-corrected chi connectivity index (χ3v) is 7.00. The van der Waals surface area contributed by atoms with Crippen molar-refractivity contribution in [1.82, 2.24) is 14.6 Å². The number of benzene rings is 1. The second kappa shape index (κ2) is 10.1. The number of aromatic nitrogens is 1. The Labute approximate surface area is 191 Å². The molecule has 0 unspecified atom stereocenters. The zero-order chi connectivity index (χ0) is 24.2. The lowest BCUT2D eigenvalue weighted by molar-refractivity contribution is -0.137. The molecule has 0 aliphatic carbocycles. The third-order valence-electron chi connectivity index (χ3n) is 5.52. The van der Waals surface area contributed by atoms with Gasteiger partial charge in [-0.15, -0.1) is 0 Å². The number of anilines is 1. The summed E-state index contributed by atoms with van der Waals surface area (Å²) in [4.78, 5) is 19.9. The number of hydrogen-bond donors (Lipinski definition) is 1. The van der Waals surface area contributed by atoms with Crippen LogP contribution in [-0.4, -0.2) is 56.9 Å². The van der Waals surface area contributed by atoms with Crippen LogP contribution in [0.5, 0.6) is 0 Å². The van der Waals surface area contributed by atoms with Crippen molar-refractivity contribution in [2.45, 2.75) is 37.3 Å². The molecule has 0 saturated carbocycles.